The Kier molecular flexibility index (Phi) is 5.65. The second-order valence-electron chi connectivity index (χ2n) is 4.48. The molecule has 1 atom stereocenters. The van der Waals surface area contributed by atoms with E-state index in [1.165, 1.54) is 20.1 Å². The number of ether oxygens (including phenoxy) is 1. The van der Waals surface area contributed by atoms with Crippen molar-refractivity contribution >= 4 is 16.9 Å². The van der Waals surface area contributed by atoms with Crippen molar-refractivity contribution in [3.8, 4) is 5.75 Å². The van der Waals surface area contributed by atoms with E-state index in [0.29, 0.717) is 11.3 Å². The van der Waals surface area contributed by atoms with Gasteiger partial charge in [0, 0.05) is 11.8 Å². The summed E-state index contributed by atoms with van der Waals surface area (Å²) < 4.78 is 20.8. The molecule has 1 rings (SSSR count). The average molecular weight is 286 g/mol. The van der Waals surface area contributed by atoms with Crippen LogP contribution >= 0.6 is 0 Å². The maximum Gasteiger partial charge on any atom is 0.193 e. The molecule has 0 spiro atoms. The van der Waals surface area contributed by atoms with E-state index in [0.717, 1.165) is 0 Å². The van der Waals surface area contributed by atoms with E-state index < -0.39 is 16.7 Å². The van der Waals surface area contributed by atoms with Crippen molar-refractivity contribution in [1.82, 2.24) is 0 Å². The van der Waals surface area contributed by atoms with Crippen LogP contribution in [0.25, 0.3) is 0 Å². The summed E-state index contributed by atoms with van der Waals surface area (Å²) in [5.74, 6) is 0.238. The van der Waals surface area contributed by atoms with Crippen LogP contribution in [0, 0.1) is 0 Å². The van der Waals surface area contributed by atoms with Gasteiger partial charge in [0.1, 0.15) is 18.0 Å². The summed E-state index contributed by atoms with van der Waals surface area (Å²) in [5.41, 5.74) is -0.965. The van der Waals surface area contributed by atoms with Gasteiger partial charge in [-0.1, -0.05) is 0 Å². The highest BCUT2D eigenvalue weighted by atomic mass is 32.2. The molecule has 0 aliphatic carbocycles. The quantitative estimate of drug-likeness (QED) is 0.604. The molecule has 0 aliphatic heterocycles. The Hall–Kier alpha value is -1.24. The zero-order valence-electron chi connectivity index (χ0n) is 11.2. The summed E-state index contributed by atoms with van der Waals surface area (Å²) >= 11 is -1.30. The molecule has 0 saturated heterocycles. The molecule has 0 bridgehead atoms. The highest BCUT2D eigenvalue weighted by molar-refractivity contribution is 7.79. The average Bonchev–Trinajstić information content (AvgIpc) is 2.33. The minimum absolute atomic E-state index is 0.230. The first-order valence-electron chi connectivity index (χ1n) is 5.77. The van der Waals surface area contributed by atoms with Gasteiger partial charge in [-0.2, -0.15) is 0 Å². The Morgan fingerprint density at radius 2 is 1.84 bits per heavy atom. The zero-order chi connectivity index (χ0) is 14.5. The summed E-state index contributed by atoms with van der Waals surface area (Å²) in [5, 5.41) is 9.61. The van der Waals surface area contributed by atoms with E-state index >= 15 is 0 Å². The van der Waals surface area contributed by atoms with Crippen LogP contribution in [0.4, 0.5) is 0 Å². The van der Waals surface area contributed by atoms with Gasteiger partial charge in [-0.05, 0) is 38.1 Å². The number of Topliss-reactive ketones (excluding diaryl/α,β-unsaturated/α-hetero) is 1. The first-order chi connectivity index (χ1) is 8.80. The fourth-order valence-corrected chi connectivity index (χ4v) is 1.67. The van der Waals surface area contributed by atoms with E-state index in [-0.39, 0.29) is 19.0 Å². The Balaban J connectivity index is 2.53. The van der Waals surface area contributed by atoms with E-state index in [9.17, 15) is 14.1 Å². The molecule has 0 radical (unpaired) electrons. The molecule has 0 fully saturated rings. The largest absolute Gasteiger partial charge is 0.491 e. The first-order valence-corrected chi connectivity index (χ1v) is 7.26. The second kappa shape index (κ2) is 6.79. The number of hydrogen-bond donors (Lipinski definition) is 1. The van der Waals surface area contributed by atoms with Crippen LogP contribution in [-0.2, 0) is 15.3 Å². The van der Waals surface area contributed by atoms with Crippen LogP contribution < -0.4 is 4.74 Å². The normalized spacial score (nSPS) is 13.1. The van der Waals surface area contributed by atoms with E-state index in [4.69, 9.17) is 8.92 Å². The van der Waals surface area contributed by atoms with Gasteiger partial charge in [0.05, 0.1) is 6.61 Å². The monoisotopic (exact) mass is 286 g/mol. The highest BCUT2D eigenvalue weighted by Crippen LogP contribution is 2.17. The molecule has 6 heteroatoms. The predicted molar refractivity (Wildman–Crippen MR) is 72.6 cm³/mol. The Labute approximate surface area is 115 Å². The van der Waals surface area contributed by atoms with Crippen molar-refractivity contribution in [2.45, 2.75) is 19.4 Å². The fraction of sp³-hybridized carbons (Fsp3) is 0.462. The lowest BCUT2D eigenvalue weighted by Gasteiger charge is -2.15. The second-order valence-corrected chi connectivity index (χ2v) is 5.52. The lowest BCUT2D eigenvalue weighted by molar-refractivity contribution is 0.0488. The van der Waals surface area contributed by atoms with Crippen molar-refractivity contribution < 1.29 is 23.0 Å². The van der Waals surface area contributed by atoms with E-state index in [2.05, 4.69) is 0 Å². The van der Waals surface area contributed by atoms with Crippen LogP contribution in [0.1, 0.15) is 24.2 Å². The number of rotatable bonds is 7. The third-order valence-electron chi connectivity index (χ3n) is 2.27. The molecule has 0 aliphatic rings. The number of benzene rings is 1. The molecule has 0 saturated carbocycles. The molecule has 0 amide bonds. The number of carbonyl (C=O) groups is 1. The topological polar surface area (TPSA) is 72.8 Å². The maximum absolute atomic E-state index is 11.8. The molecule has 1 aromatic carbocycles. The Morgan fingerprint density at radius 1 is 1.26 bits per heavy atom. The summed E-state index contributed by atoms with van der Waals surface area (Å²) in [6, 6.07) is 6.46. The standard InChI is InChI=1S/C13H18O5S/c1-13(2,15)12(14)10-4-6-11(7-5-10)17-8-9-18-19(3)16/h4-7,15H,8-9H2,1-3H3. The summed E-state index contributed by atoms with van der Waals surface area (Å²) in [4.78, 5) is 11.8. The third-order valence-corrected chi connectivity index (χ3v) is 2.77. The molecule has 0 heterocycles. The summed E-state index contributed by atoms with van der Waals surface area (Å²) in [7, 11) is 0. The molecular weight excluding hydrogens is 268 g/mol. The highest BCUT2D eigenvalue weighted by Gasteiger charge is 2.24. The molecule has 19 heavy (non-hydrogen) atoms. The van der Waals surface area contributed by atoms with Crippen LogP contribution in [0.5, 0.6) is 5.75 Å². The lowest BCUT2D eigenvalue weighted by atomic mass is 9.97. The van der Waals surface area contributed by atoms with Crippen LogP contribution in [0.3, 0.4) is 0 Å². The van der Waals surface area contributed by atoms with Gasteiger partial charge in [0.15, 0.2) is 16.9 Å². The summed E-state index contributed by atoms with van der Waals surface area (Å²) in [6.07, 6.45) is 1.44. The number of carbonyl (C=O) groups excluding carboxylic acids is 1. The minimum atomic E-state index is -1.39. The molecular formula is C13H18O5S. The van der Waals surface area contributed by atoms with Crippen LogP contribution in [0.2, 0.25) is 0 Å². The lowest BCUT2D eigenvalue weighted by Crippen LogP contribution is -2.30. The Morgan fingerprint density at radius 3 is 2.32 bits per heavy atom. The maximum atomic E-state index is 11.8. The van der Waals surface area contributed by atoms with E-state index in [1.54, 1.807) is 24.3 Å². The van der Waals surface area contributed by atoms with Gasteiger partial charge >= 0.3 is 0 Å². The zero-order valence-corrected chi connectivity index (χ0v) is 12.0. The van der Waals surface area contributed by atoms with Crippen molar-refractivity contribution in [1.29, 1.82) is 0 Å². The van der Waals surface area contributed by atoms with Crippen molar-refractivity contribution in [2.24, 2.45) is 0 Å². The summed E-state index contributed by atoms with van der Waals surface area (Å²) in [6.45, 7) is 3.40. The molecule has 1 aromatic rings. The number of aliphatic hydroxyl groups is 1. The molecule has 5 nitrogen and oxygen atoms in total. The van der Waals surface area contributed by atoms with Crippen LogP contribution in [0.15, 0.2) is 24.3 Å². The van der Waals surface area contributed by atoms with Crippen molar-refractivity contribution in [2.75, 3.05) is 19.5 Å². The molecule has 106 valence electrons. The first kappa shape index (κ1) is 15.8. The van der Waals surface area contributed by atoms with E-state index in [1.807, 2.05) is 0 Å². The molecule has 1 N–H and O–H groups in total. The van der Waals surface area contributed by atoms with Gasteiger partial charge < -0.3 is 9.84 Å². The smallest absolute Gasteiger partial charge is 0.193 e. The van der Waals surface area contributed by atoms with Gasteiger partial charge in [-0.25, -0.2) is 4.21 Å². The van der Waals surface area contributed by atoms with Crippen molar-refractivity contribution in [3.63, 3.8) is 0 Å². The minimum Gasteiger partial charge on any atom is -0.491 e. The third kappa shape index (κ3) is 5.50. The number of ketones is 1. The Bertz CT molecular complexity index is 447. The van der Waals surface area contributed by atoms with Gasteiger partial charge in [0.25, 0.3) is 0 Å². The van der Waals surface area contributed by atoms with Gasteiger partial charge in [-0.3, -0.25) is 8.98 Å². The molecule has 1 unspecified atom stereocenters. The SMILES string of the molecule is CS(=O)OCCOc1ccc(C(=O)C(C)(C)O)cc1. The fourth-order valence-electron chi connectivity index (χ4n) is 1.37. The number of hydrogen-bond acceptors (Lipinski definition) is 5. The van der Waals surface area contributed by atoms with Gasteiger partial charge in [-0.15, -0.1) is 0 Å². The van der Waals surface area contributed by atoms with Crippen molar-refractivity contribution in [3.05, 3.63) is 29.8 Å². The molecule has 0 aromatic heterocycles. The predicted octanol–water partition coefficient (Wildman–Crippen LogP) is 1.33. The van der Waals surface area contributed by atoms with Gasteiger partial charge in [0.2, 0.25) is 0 Å². The van der Waals surface area contributed by atoms with Crippen LogP contribution in [-0.4, -0.2) is 40.2 Å².